The van der Waals surface area contributed by atoms with Gasteiger partial charge in [0.2, 0.25) is 5.91 Å². The van der Waals surface area contributed by atoms with Crippen LogP contribution in [0, 0.1) is 12.7 Å². The first kappa shape index (κ1) is 18.3. The van der Waals surface area contributed by atoms with Gasteiger partial charge in [-0.2, -0.15) is 0 Å². The highest BCUT2D eigenvalue weighted by Crippen LogP contribution is 2.24. The Labute approximate surface area is 154 Å². The summed E-state index contributed by atoms with van der Waals surface area (Å²) in [5.41, 5.74) is 6.11. The number of carbonyl (C=O) groups is 3. The van der Waals surface area contributed by atoms with Crippen molar-refractivity contribution >= 4 is 28.6 Å². The minimum absolute atomic E-state index is 0.0585. The van der Waals surface area contributed by atoms with Crippen LogP contribution >= 0.6 is 0 Å². The van der Waals surface area contributed by atoms with Gasteiger partial charge in [0.1, 0.15) is 11.4 Å². The van der Waals surface area contributed by atoms with Crippen molar-refractivity contribution in [1.82, 2.24) is 10.9 Å². The second kappa shape index (κ2) is 7.82. The third kappa shape index (κ3) is 4.20. The van der Waals surface area contributed by atoms with Gasteiger partial charge in [-0.05, 0) is 37.3 Å². The van der Waals surface area contributed by atoms with E-state index >= 15 is 0 Å². The van der Waals surface area contributed by atoms with E-state index in [0.717, 1.165) is 5.39 Å². The number of halogens is 1. The molecule has 2 amide bonds. The van der Waals surface area contributed by atoms with Crippen LogP contribution in [0.1, 0.15) is 39.3 Å². The second-order valence-corrected chi connectivity index (χ2v) is 5.98. The Morgan fingerprint density at radius 1 is 0.963 bits per heavy atom. The lowest BCUT2D eigenvalue weighted by molar-refractivity contribution is -0.121. The lowest BCUT2D eigenvalue weighted by atomic mass is 10.1. The molecule has 0 atom stereocenters. The van der Waals surface area contributed by atoms with Gasteiger partial charge in [0.15, 0.2) is 11.5 Å². The number of furan rings is 1. The molecule has 0 bridgehead atoms. The maximum absolute atomic E-state index is 12.9. The fourth-order valence-corrected chi connectivity index (χ4v) is 2.64. The van der Waals surface area contributed by atoms with E-state index in [4.69, 9.17) is 4.42 Å². The smallest absolute Gasteiger partial charge is 0.305 e. The molecule has 1 aromatic heterocycles. The topological polar surface area (TPSA) is 88.4 Å². The predicted octanol–water partition coefficient (Wildman–Crippen LogP) is 3.30. The molecular formula is C20H17FN2O4. The summed E-state index contributed by atoms with van der Waals surface area (Å²) in [7, 11) is 0. The summed E-state index contributed by atoms with van der Waals surface area (Å²) in [5.74, 6) is -1.72. The molecular weight excluding hydrogens is 351 g/mol. The fraction of sp³-hybridized carbons (Fsp3) is 0.150. The van der Waals surface area contributed by atoms with Gasteiger partial charge < -0.3 is 4.42 Å². The number of hydrogen-bond acceptors (Lipinski definition) is 4. The van der Waals surface area contributed by atoms with Crippen LogP contribution in [0.5, 0.6) is 0 Å². The van der Waals surface area contributed by atoms with E-state index in [1.54, 1.807) is 19.1 Å². The number of ketones is 1. The molecule has 0 aliphatic rings. The quantitative estimate of drug-likeness (QED) is 0.534. The molecule has 0 saturated heterocycles. The van der Waals surface area contributed by atoms with Gasteiger partial charge in [-0.3, -0.25) is 25.2 Å². The molecule has 0 radical (unpaired) electrons. The monoisotopic (exact) mass is 368 g/mol. The van der Waals surface area contributed by atoms with Crippen molar-refractivity contribution in [2.24, 2.45) is 0 Å². The number of benzene rings is 2. The van der Waals surface area contributed by atoms with E-state index in [1.165, 1.54) is 24.3 Å². The van der Waals surface area contributed by atoms with Crippen LogP contribution < -0.4 is 10.9 Å². The Kier molecular flexibility index (Phi) is 5.30. The molecule has 7 heteroatoms. The largest absolute Gasteiger partial charge is 0.451 e. The maximum atomic E-state index is 12.9. The molecule has 3 aromatic rings. The highest BCUT2D eigenvalue weighted by Gasteiger charge is 2.18. The average molecular weight is 368 g/mol. The first-order valence-corrected chi connectivity index (χ1v) is 8.32. The van der Waals surface area contributed by atoms with Gasteiger partial charge >= 0.3 is 5.91 Å². The Morgan fingerprint density at radius 2 is 1.67 bits per heavy atom. The summed E-state index contributed by atoms with van der Waals surface area (Å²) in [6.45, 7) is 1.75. The Morgan fingerprint density at radius 3 is 2.37 bits per heavy atom. The first-order valence-electron chi connectivity index (χ1n) is 8.32. The first-order chi connectivity index (χ1) is 13.0. The van der Waals surface area contributed by atoms with Crippen LogP contribution in [0.25, 0.3) is 11.0 Å². The van der Waals surface area contributed by atoms with Crippen molar-refractivity contribution in [3.63, 3.8) is 0 Å². The summed E-state index contributed by atoms with van der Waals surface area (Å²) in [6, 6.07) is 12.3. The van der Waals surface area contributed by atoms with Crippen molar-refractivity contribution in [2.75, 3.05) is 0 Å². The molecule has 0 aliphatic carbocycles. The van der Waals surface area contributed by atoms with Gasteiger partial charge in [0.05, 0.1) is 0 Å². The normalized spacial score (nSPS) is 10.6. The van der Waals surface area contributed by atoms with Crippen LogP contribution in [0.3, 0.4) is 0 Å². The van der Waals surface area contributed by atoms with Gasteiger partial charge in [-0.15, -0.1) is 0 Å². The molecule has 0 unspecified atom stereocenters. The number of aryl methyl sites for hydroxylation is 1. The maximum Gasteiger partial charge on any atom is 0.305 e. The minimum Gasteiger partial charge on any atom is -0.451 e. The van der Waals surface area contributed by atoms with Gasteiger partial charge in [0.25, 0.3) is 0 Å². The summed E-state index contributed by atoms with van der Waals surface area (Å²) >= 11 is 0. The lowest BCUT2D eigenvalue weighted by Gasteiger charge is -2.06. The number of fused-ring (bicyclic) bond motifs is 1. The molecule has 0 fully saturated rings. The highest BCUT2D eigenvalue weighted by atomic mass is 19.1. The number of hydrazine groups is 1. The van der Waals surface area contributed by atoms with Gasteiger partial charge in [-0.1, -0.05) is 18.2 Å². The fourth-order valence-electron chi connectivity index (χ4n) is 2.64. The van der Waals surface area contributed by atoms with Crippen molar-refractivity contribution < 1.29 is 23.2 Å². The highest BCUT2D eigenvalue weighted by molar-refractivity contribution is 6.00. The van der Waals surface area contributed by atoms with Crippen molar-refractivity contribution in [2.45, 2.75) is 19.8 Å². The number of carbonyl (C=O) groups excluding carboxylic acids is 3. The summed E-state index contributed by atoms with van der Waals surface area (Å²) in [4.78, 5) is 36.0. The molecule has 1 heterocycles. The number of nitrogens with one attached hydrogen (secondary N) is 2. The molecule has 0 spiro atoms. The van der Waals surface area contributed by atoms with Crippen molar-refractivity contribution in [3.8, 4) is 0 Å². The lowest BCUT2D eigenvalue weighted by Crippen LogP contribution is -2.41. The molecule has 27 heavy (non-hydrogen) atoms. The van der Waals surface area contributed by atoms with E-state index in [2.05, 4.69) is 10.9 Å². The van der Waals surface area contributed by atoms with Crippen LogP contribution in [0.2, 0.25) is 0 Å². The molecule has 0 aliphatic heterocycles. The van der Waals surface area contributed by atoms with E-state index < -0.39 is 17.6 Å². The molecule has 3 rings (SSSR count). The zero-order valence-corrected chi connectivity index (χ0v) is 14.5. The van der Waals surface area contributed by atoms with E-state index in [1.807, 2.05) is 12.1 Å². The van der Waals surface area contributed by atoms with Gasteiger partial charge in [0, 0.05) is 29.4 Å². The van der Waals surface area contributed by atoms with Crippen LogP contribution in [-0.4, -0.2) is 17.6 Å². The van der Waals surface area contributed by atoms with Crippen molar-refractivity contribution in [3.05, 3.63) is 71.2 Å². The molecule has 138 valence electrons. The molecule has 2 N–H and O–H groups in total. The Hall–Kier alpha value is -3.48. The third-order valence-electron chi connectivity index (χ3n) is 4.11. The average Bonchev–Trinajstić information content (AvgIpc) is 3.02. The van der Waals surface area contributed by atoms with E-state index in [-0.39, 0.29) is 24.4 Å². The van der Waals surface area contributed by atoms with Crippen LogP contribution in [-0.2, 0) is 4.79 Å². The molecule has 6 nitrogen and oxygen atoms in total. The molecule has 2 aromatic carbocycles. The zero-order chi connectivity index (χ0) is 19.4. The van der Waals surface area contributed by atoms with Crippen LogP contribution in [0.15, 0.2) is 52.9 Å². The zero-order valence-electron chi connectivity index (χ0n) is 14.5. The number of Topliss-reactive ketones (excluding diaryl/α,β-unsaturated/α-hetero) is 1. The summed E-state index contributed by atoms with van der Waals surface area (Å²) in [6.07, 6.45) is -0.174. The third-order valence-corrected chi connectivity index (χ3v) is 4.11. The predicted molar refractivity (Wildman–Crippen MR) is 96.5 cm³/mol. The minimum atomic E-state index is -0.582. The standard InChI is InChI=1S/C20H17FN2O4/c1-12-15-4-2-3-5-17(15)27-19(12)20(26)23-22-18(25)11-10-16(24)13-6-8-14(21)9-7-13/h2-9H,10-11H2,1H3,(H,22,25)(H,23,26). The Balaban J connectivity index is 1.52. The second-order valence-electron chi connectivity index (χ2n) is 5.98. The van der Waals surface area contributed by atoms with Gasteiger partial charge in [-0.25, -0.2) is 4.39 Å². The number of hydrogen-bond donors (Lipinski definition) is 2. The van der Waals surface area contributed by atoms with Crippen LogP contribution in [0.4, 0.5) is 4.39 Å². The number of amides is 2. The number of para-hydroxylation sites is 1. The SMILES string of the molecule is Cc1c(C(=O)NNC(=O)CCC(=O)c2ccc(F)cc2)oc2ccccc12. The number of rotatable bonds is 5. The molecule has 0 saturated carbocycles. The van der Waals surface area contributed by atoms with E-state index in [0.29, 0.717) is 16.7 Å². The Bertz CT molecular complexity index is 1010. The summed E-state index contributed by atoms with van der Waals surface area (Å²) < 4.78 is 18.4. The summed E-state index contributed by atoms with van der Waals surface area (Å²) in [5, 5.41) is 0.818. The van der Waals surface area contributed by atoms with E-state index in [9.17, 15) is 18.8 Å². The van der Waals surface area contributed by atoms with Crippen molar-refractivity contribution in [1.29, 1.82) is 0 Å².